The topological polar surface area (TPSA) is 70.7 Å². The van der Waals surface area contributed by atoms with E-state index in [0.717, 1.165) is 37.4 Å². The molecule has 2 aliphatic rings. The summed E-state index contributed by atoms with van der Waals surface area (Å²) >= 11 is 0. The van der Waals surface area contributed by atoms with Crippen molar-refractivity contribution in [1.29, 1.82) is 0 Å². The molecule has 3 rings (SSSR count). The number of rotatable bonds is 7. The van der Waals surface area contributed by atoms with Crippen molar-refractivity contribution in [3.05, 3.63) is 24.3 Å². The first-order valence-electron chi connectivity index (χ1n) is 8.61. The second-order valence-electron chi connectivity index (χ2n) is 6.59. The van der Waals surface area contributed by atoms with Gasteiger partial charge in [-0.15, -0.1) is 0 Å². The Hall–Kier alpha value is -2.08. The first kappa shape index (κ1) is 16.8. The van der Waals surface area contributed by atoms with Crippen molar-refractivity contribution in [1.82, 2.24) is 10.2 Å². The van der Waals surface area contributed by atoms with Crippen LogP contribution in [0.4, 0.5) is 5.69 Å². The number of methoxy groups -OCH3 is 1. The molecule has 0 aromatic heterocycles. The number of hydrogen-bond donors (Lipinski definition) is 2. The molecule has 1 aliphatic heterocycles. The second-order valence-corrected chi connectivity index (χ2v) is 6.59. The van der Waals surface area contributed by atoms with Crippen LogP contribution in [0.5, 0.6) is 5.75 Å². The van der Waals surface area contributed by atoms with Crippen molar-refractivity contribution in [2.24, 2.45) is 5.92 Å². The van der Waals surface area contributed by atoms with Crippen LogP contribution in [0.3, 0.4) is 0 Å². The van der Waals surface area contributed by atoms with E-state index in [1.165, 1.54) is 12.8 Å². The van der Waals surface area contributed by atoms with Crippen LogP contribution in [0.25, 0.3) is 0 Å². The van der Waals surface area contributed by atoms with Gasteiger partial charge in [0, 0.05) is 12.2 Å². The summed E-state index contributed by atoms with van der Waals surface area (Å²) in [4.78, 5) is 26.5. The van der Waals surface area contributed by atoms with Crippen molar-refractivity contribution in [2.75, 3.05) is 32.1 Å². The number of hydrogen-bond acceptors (Lipinski definition) is 4. The van der Waals surface area contributed by atoms with E-state index in [4.69, 9.17) is 4.74 Å². The predicted molar refractivity (Wildman–Crippen MR) is 92.0 cm³/mol. The minimum Gasteiger partial charge on any atom is -0.497 e. The molecule has 0 unspecified atom stereocenters. The molecule has 24 heavy (non-hydrogen) atoms. The summed E-state index contributed by atoms with van der Waals surface area (Å²) in [5, 5.41) is 5.90. The molecule has 1 heterocycles. The quantitative estimate of drug-likeness (QED) is 0.797. The fourth-order valence-electron chi connectivity index (χ4n) is 3.03. The normalized spacial score (nSPS) is 20.6. The Morgan fingerprint density at radius 3 is 2.62 bits per heavy atom. The number of carbonyl (C=O) groups excluding carboxylic acids is 2. The summed E-state index contributed by atoms with van der Waals surface area (Å²) in [5.74, 6) is 1.39. The summed E-state index contributed by atoms with van der Waals surface area (Å²) in [7, 11) is 1.61. The zero-order valence-corrected chi connectivity index (χ0v) is 14.1. The van der Waals surface area contributed by atoms with Crippen LogP contribution in [0.15, 0.2) is 24.3 Å². The summed E-state index contributed by atoms with van der Waals surface area (Å²) in [6, 6.07) is 7.02. The van der Waals surface area contributed by atoms with E-state index in [1.54, 1.807) is 7.11 Å². The predicted octanol–water partition coefficient (Wildman–Crippen LogP) is 1.62. The Morgan fingerprint density at radius 2 is 1.96 bits per heavy atom. The summed E-state index contributed by atoms with van der Waals surface area (Å²) in [6.07, 6.45) is 4.17. The molecule has 0 bridgehead atoms. The van der Waals surface area contributed by atoms with Crippen molar-refractivity contribution in [3.63, 3.8) is 0 Å². The van der Waals surface area contributed by atoms with Crippen LogP contribution in [0.2, 0.25) is 0 Å². The van der Waals surface area contributed by atoms with Crippen LogP contribution < -0.4 is 15.4 Å². The van der Waals surface area contributed by atoms with Crippen molar-refractivity contribution in [3.8, 4) is 5.75 Å². The largest absolute Gasteiger partial charge is 0.497 e. The van der Waals surface area contributed by atoms with E-state index < -0.39 is 0 Å². The van der Waals surface area contributed by atoms with Gasteiger partial charge in [0.2, 0.25) is 11.8 Å². The average molecular weight is 331 g/mol. The number of ether oxygens (including phenoxy) is 1. The lowest BCUT2D eigenvalue weighted by molar-refractivity contribution is -0.124. The molecule has 1 atom stereocenters. The molecule has 1 aromatic carbocycles. The van der Waals surface area contributed by atoms with Gasteiger partial charge >= 0.3 is 0 Å². The highest BCUT2D eigenvalue weighted by atomic mass is 16.5. The Kier molecular flexibility index (Phi) is 5.35. The molecule has 1 aromatic rings. The molecular weight excluding hydrogens is 306 g/mol. The number of nitrogens with zero attached hydrogens (tertiary/aromatic N) is 1. The van der Waals surface area contributed by atoms with Gasteiger partial charge in [0.05, 0.1) is 19.7 Å². The lowest BCUT2D eigenvalue weighted by Crippen LogP contribution is -2.45. The number of amides is 2. The summed E-state index contributed by atoms with van der Waals surface area (Å²) in [5.41, 5.74) is 0.742. The molecule has 1 aliphatic carbocycles. The van der Waals surface area contributed by atoms with Crippen LogP contribution in [-0.4, -0.2) is 49.5 Å². The SMILES string of the molecule is COc1ccc(NC(=O)[C@@H]2CCCN2CC(=O)NCC2CC2)cc1. The van der Waals surface area contributed by atoms with Crippen LogP contribution >= 0.6 is 0 Å². The van der Waals surface area contributed by atoms with Gasteiger partial charge in [-0.3, -0.25) is 14.5 Å². The van der Waals surface area contributed by atoms with E-state index >= 15 is 0 Å². The highest BCUT2D eigenvalue weighted by Crippen LogP contribution is 2.27. The number of likely N-dealkylation sites (tertiary alicyclic amines) is 1. The average Bonchev–Trinajstić information content (AvgIpc) is 3.31. The Morgan fingerprint density at radius 1 is 1.21 bits per heavy atom. The van der Waals surface area contributed by atoms with Crippen LogP contribution in [-0.2, 0) is 9.59 Å². The van der Waals surface area contributed by atoms with E-state index in [1.807, 2.05) is 29.2 Å². The van der Waals surface area contributed by atoms with Gasteiger partial charge in [0.1, 0.15) is 5.75 Å². The standard InChI is InChI=1S/C18H25N3O3/c1-24-15-8-6-14(7-9-15)20-18(23)16-3-2-10-21(16)12-17(22)19-11-13-4-5-13/h6-9,13,16H,2-5,10-12H2,1H3,(H,19,22)(H,20,23)/t16-/m0/s1. The lowest BCUT2D eigenvalue weighted by atomic mass is 10.2. The summed E-state index contributed by atoms with van der Waals surface area (Å²) in [6.45, 7) is 1.86. The van der Waals surface area contributed by atoms with Crippen molar-refractivity contribution < 1.29 is 14.3 Å². The Bertz CT molecular complexity index is 584. The minimum atomic E-state index is -0.237. The maximum absolute atomic E-state index is 12.5. The molecule has 1 saturated heterocycles. The maximum Gasteiger partial charge on any atom is 0.241 e. The Labute approximate surface area is 142 Å². The number of benzene rings is 1. The molecule has 2 amide bonds. The lowest BCUT2D eigenvalue weighted by Gasteiger charge is -2.23. The minimum absolute atomic E-state index is 0.0195. The molecule has 1 saturated carbocycles. The van der Waals surface area contributed by atoms with Crippen LogP contribution in [0.1, 0.15) is 25.7 Å². The summed E-state index contributed by atoms with van der Waals surface area (Å²) < 4.78 is 5.11. The van der Waals surface area contributed by atoms with Crippen LogP contribution in [0, 0.1) is 5.92 Å². The maximum atomic E-state index is 12.5. The first-order valence-corrected chi connectivity index (χ1v) is 8.61. The molecule has 0 spiro atoms. The third-order valence-corrected chi connectivity index (χ3v) is 4.66. The third kappa shape index (κ3) is 4.47. The van der Waals surface area contributed by atoms with Gasteiger partial charge in [-0.25, -0.2) is 0 Å². The number of anilines is 1. The monoisotopic (exact) mass is 331 g/mol. The molecule has 0 radical (unpaired) electrons. The van der Waals surface area contributed by atoms with Crippen molar-refractivity contribution in [2.45, 2.75) is 31.7 Å². The molecule has 2 fully saturated rings. The highest BCUT2D eigenvalue weighted by molar-refractivity contribution is 5.95. The van der Waals surface area contributed by atoms with E-state index in [9.17, 15) is 9.59 Å². The van der Waals surface area contributed by atoms with Gasteiger partial charge in [-0.1, -0.05) is 0 Å². The molecular formula is C18H25N3O3. The van der Waals surface area contributed by atoms with Gasteiger partial charge < -0.3 is 15.4 Å². The number of nitrogens with one attached hydrogen (secondary N) is 2. The molecule has 130 valence electrons. The van der Waals surface area contributed by atoms with E-state index in [2.05, 4.69) is 10.6 Å². The van der Waals surface area contributed by atoms with Gasteiger partial charge in [0.25, 0.3) is 0 Å². The van der Waals surface area contributed by atoms with E-state index in [-0.39, 0.29) is 17.9 Å². The second kappa shape index (κ2) is 7.66. The molecule has 6 nitrogen and oxygen atoms in total. The third-order valence-electron chi connectivity index (χ3n) is 4.66. The van der Waals surface area contributed by atoms with Crippen molar-refractivity contribution >= 4 is 17.5 Å². The fourth-order valence-corrected chi connectivity index (χ4v) is 3.03. The molecule has 6 heteroatoms. The first-order chi connectivity index (χ1) is 11.7. The fraction of sp³-hybridized carbons (Fsp3) is 0.556. The zero-order valence-electron chi connectivity index (χ0n) is 14.1. The molecule has 2 N–H and O–H groups in total. The van der Waals surface area contributed by atoms with Gasteiger partial charge in [-0.05, 0) is 62.4 Å². The highest BCUT2D eigenvalue weighted by Gasteiger charge is 2.32. The zero-order chi connectivity index (χ0) is 16.9. The van der Waals surface area contributed by atoms with Gasteiger partial charge in [0.15, 0.2) is 0 Å². The number of carbonyl (C=O) groups is 2. The van der Waals surface area contributed by atoms with E-state index in [0.29, 0.717) is 12.5 Å². The Balaban J connectivity index is 1.51. The van der Waals surface area contributed by atoms with Gasteiger partial charge in [-0.2, -0.15) is 0 Å². The smallest absolute Gasteiger partial charge is 0.241 e.